The molecule has 1 saturated carbocycles. The number of benzene rings is 4. The Morgan fingerprint density at radius 1 is 0.849 bits per heavy atom. The maximum absolute atomic E-state index is 13.9. The third-order valence-corrected chi connectivity index (χ3v) is 12.4. The SMILES string of the molecule is O=C(O)N[C@H](C(=O)N1CCC[C@H]1c1nc2c(ccc3cc(-c4ccc5cc(-c6cnc([C@H]7N[C@@H]8CC[C@H]7C8)[nH]6)ccc5c4)ccc32)[nH]1)C1CCOCC1. The summed E-state index contributed by atoms with van der Waals surface area (Å²) in [5, 5.41) is 20.4. The molecule has 6 aromatic rings. The molecule has 2 aromatic heterocycles. The van der Waals surface area contributed by atoms with Gasteiger partial charge in [0.15, 0.2) is 0 Å². The molecule has 11 heteroatoms. The summed E-state index contributed by atoms with van der Waals surface area (Å²) < 4.78 is 5.49. The minimum Gasteiger partial charge on any atom is -0.465 e. The highest BCUT2D eigenvalue weighted by Crippen LogP contribution is 2.43. The number of hydrogen-bond acceptors (Lipinski definition) is 6. The second kappa shape index (κ2) is 13.0. The first-order chi connectivity index (χ1) is 25.9. The van der Waals surface area contributed by atoms with Gasteiger partial charge in [0.05, 0.1) is 35.0 Å². The quantitative estimate of drug-likeness (QED) is 0.116. The standard InChI is InChI=1S/C42H43N7O4/c50-41(37(48-42(51)52)23-13-16-53-17-14-23)49-15-1-2-35(49)39-45-33-12-9-28-19-27(8-11-32(28)38(33)47-39)24-3-4-26-20-29(6-5-25(26)18-24)34-22-43-40(46-34)36-30-7-10-31(21-30)44-36/h3-6,8-9,11-12,18-20,22-23,30-31,35-37,44,48H,1-2,7,10,13-17,21H2,(H,43,46)(H,45,47)(H,51,52)/t30-,31+,35-,36-,37-/m0/s1. The smallest absolute Gasteiger partial charge is 0.405 e. The van der Waals surface area contributed by atoms with Crippen LogP contribution in [0, 0.1) is 11.8 Å². The average Bonchev–Trinajstić information content (AvgIpc) is 4.04. The summed E-state index contributed by atoms with van der Waals surface area (Å²) >= 11 is 0. The Balaban J connectivity index is 0.896. The van der Waals surface area contributed by atoms with E-state index in [2.05, 4.69) is 87.3 Å². The number of carbonyl (C=O) groups excluding carboxylic acids is 1. The van der Waals surface area contributed by atoms with Crippen LogP contribution in [0.3, 0.4) is 0 Å². The van der Waals surface area contributed by atoms with E-state index in [1.165, 1.54) is 30.0 Å². The average molecular weight is 710 g/mol. The van der Waals surface area contributed by atoms with E-state index in [0.717, 1.165) is 68.7 Å². The van der Waals surface area contributed by atoms with Crippen LogP contribution in [-0.2, 0) is 9.53 Å². The minimum atomic E-state index is -1.18. The number of nitrogens with one attached hydrogen (secondary N) is 4. The number of piperidine rings is 1. The normalized spacial score (nSPS) is 23.7. The molecule has 5 heterocycles. The number of H-pyrrole nitrogens is 2. The van der Waals surface area contributed by atoms with Gasteiger partial charge in [0.2, 0.25) is 5.91 Å². The van der Waals surface area contributed by atoms with Gasteiger partial charge in [0.1, 0.15) is 17.7 Å². The summed E-state index contributed by atoms with van der Waals surface area (Å²) in [5.74, 6) is 2.22. The van der Waals surface area contributed by atoms with E-state index in [1.54, 1.807) is 0 Å². The molecule has 270 valence electrons. The fourth-order valence-corrected chi connectivity index (χ4v) is 9.61. The van der Waals surface area contributed by atoms with Gasteiger partial charge in [-0.25, -0.2) is 14.8 Å². The van der Waals surface area contributed by atoms with Crippen LogP contribution >= 0.6 is 0 Å². The van der Waals surface area contributed by atoms with Crippen molar-refractivity contribution in [1.82, 2.24) is 35.5 Å². The Morgan fingerprint density at radius 3 is 2.38 bits per heavy atom. The summed E-state index contributed by atoms with van der Waals surface area (Å²) in [4.78, 5) is 44.4. The lowest BCUT2D eigenvalue weighted by molar-refractivity contribution is -0.136. The van der Waals surface area contributed by atoms with Crippen LogP contribution in [0.15, 0.2) is 72.9 Å². The van der Waals surface area contributed by atoms with Gasteiger partial charge in [0, 0.05) is 36.8 Å². The van der Waals surface area contributed by atoms with Gasteiger partial charge in [-0.2, -0.15) is 0 Å². The summed E-state index contributed by atoms with van der Waals surface area (Å²) in [6, 6.07) is 23.9. The molecule has 11 nitrogen and oxygen atoms in total. The Morgan fingerprint density at radius 2 is 1.60 bits per heavy atom. The van der Waals surface area contributed by atoms with Crippen LogP contribution < -0.4 is 10.6 Å². The highest BCUT2D eigenvalue weighted by Gasteiger charge is 2.42. The molecule has 0 radical (unpaired) electrons. The van der Waals surface area contributed by atoms with Crippen molar-refractivity contribution in [2.45, 2.75) is 69.1 Å². The van der Waals surface area contributed by atoms with Gasteiger partial charge < -0.3 is 35.3 Å². The number of rotatable bonds is 7. The van der Waals surface area contributed by atoms with Gasteiger partial charge in [-0.3, -0.25) is 4.79 Å². The largest absolute Gasteiger partial charge is 0.465 e. The summed E-state index contributed by atoms with van der Waals surface area (Å²) in [6.45, 7) is 1.64. The van der Waals surface area contributed by atoms with Crippen LogP contribution in [0.2, 0.25) is 0 Å². The van der Waals surface area contributed by atoms with E-state index in [9.17, 15) is 14.7 Å². The molecule has 10 rings (SSSR count). The number of aromatic nitrogens is 4. The van der Waals surface area contributed by atoms with Crippen LogP contribution in [0.25, 0.3) is 55.0 Å². The highest BCUT2D eigenvalue weighted by atomic mass is 16.5. The number of nitrogens with zero attached hydrogens (tertiary/aromatic N) is 3. The van der Waals surface area contributed by atoms with Gasteiger partial charge in [-0.05, 0) is 108 Å². The lowest BCUT2D eigenvalue weighted by Gasteiger charge is -2.33. The Bertz CT molecular complexity index is 2380. The Hall–Kier alpha value is -5.26. The number of hydrogen-bond donors (Lipinski definition) is 5. The van der Waals surface area contributed by atoms with Gasteiger partial charge in [-0.1, -0.05) is 42.5 Å². The van der Waals surface area contributed by atoms with Crippen molar-refractivity contribution in [2.75, 3.05) is 19.8 Å². The van der Waals surface area contributed by atoms with E-state index >= 15 is 0 Å². The van der Waals surface area contributed by atoms with E-state index in [4.69, 9.17) is 14.7 Å². The lowest BCUT2D eigenvalue weighted by Crippen LogP contribution is -2.52. The second-order valence-corrected chi connectivity index (χ2v) is 15.5. The fraction of sp³-hybridized carbons (Fsp3) is 0.381. The number of carbonyl (C=O) groups is 2. The van der Waals surface area contributed by atoms with Crippen molar-refractivity contribution in [1.29, 1.82) is 0 Å². The Labute approximate surface area is 306 Å². The molecule has 3 saturated heterocycles. The van der Waals surface area contributed by atoms with Crippen molar-refractivity contribution in [3.05, 3.63) is 84.6 Å². The Kier molecular flexibility index (Phi) is 7.94. The van der Waals surface area contributed by atoms with E-state index < -0.39 is 12.1 Å². The molecule has 0 spiro atoms. The van der Waals surface area contributed by atoms with Crippen molar-refractivity contribution in [3.8, 4) is 22.4 Å². The zero-order valence-corrected chi connectivity index (χ0v) is 29.5. The molecule has 5 atom stereocenters. The monoisotopic (exact) mass is 709 g/mol. The van der Waals surface area contributed by atoms with E-state index in [1.807, 2.05) is 11.1 Å². The number of fused-ring (bicyclic) bond motifs is 6. The lowest BCUT2D eigenvalue weighted by atomic mass is 9.90. The molecule has 4 fully saturated rings. The number of imidazole rings is 2. The molecule has 5 N–H and O–H groups in total. The number of carboxylic acid groups (broad SMARTS) is 1. The first kappa shape index (κ1) is 32.4. The molecule has 4 aliphatic rings. The van der Waals surface area contributed by atoms with Crippen molar-refractivity contribution in [2.24, 2.45) is 11.8 Å². The second-order valence-electron chi connectivity index (χ2n) is 15.5. The third kappa shape index (κ3) is 5.82. The minimum absolute atomic E-state index is 0.0908. The van der Waals surface area contributed by atoms with Crippen LogP contribution in [0.1, 0.15) is 68.7 Å². The predicted octanol–water partition coefficient (Wildman–Crippen LogP) is 7.47. The van der Waals surface area contributed by atoms with Crippen molar-refractivity contribution < 1.29 is 19.4 Å². The van der Waals surface area contributed by atoms with Crippen molar-refractivity contribution in [3.63, 3.8) is 0 Å². The topological polar surface area (TPSA) is 148 Å². The van der Waals surface area contributed by atoms with E-state index in [-0.39, 0.29) is 17.9 Å². The molecule has 2 amide bonds. The van der Waals surface area contributed by atoms with E-state index in [0.29, 0.717) is 50.6 Å². The number of likely N-dealkylation sites (tertiary alicyclic amines) is 1. The molecule has 1 aliphatic carbocycles. The highest BCUT2D eigenvalue weighted by molar-refractivity contribution is 6.05. The molecular weight excluding hydrogens is 667 g/mol. The molecule has 0 unspecified atom stereocenters. The van der Waals surface area contributed by atoms with Crippen LogP contribution in [-0.4, -0.2) is 73.8 Å². The summed E-state index contributed by atoms with van der Waals surface area (Å²) in [6.07, 6.45) is 7.55. The van der Waals surface area contributed by atoms with Gasteiger partial charge in [0.25, 0.3) is 0 Å². The van der Waals surface area contributed by atoms with Gasteiger partial charge >= 0.3 is 6.09 Å². The molecule has 4 aromatic carbocycles. The molecule has 53 heavy (non-hydrogen) atoms. The molecule has 2 bridgehead atoms. The fourth-order valence-electron chi connectivity index (χ4n) is 9.61. The first-order valence-corrected chi connectivity index (χ1v) is 19.1. The van der Waals surface area contributed by atoms with Crippen LogP contribution in [0.4, 0.5) is 4.79 Å². The van der Waals surface area contributed by atoms with Crippen molar-refractivity contribution >= 4 is 44.6 Å². The molecule has 3 aliphatic heterocycles. The summed E-state index contributed by atoms with van der Waals surface area (Å²) in [5.41, 5.74) is 6.27. The first-order valence-electron chi connectivity index (χ1n) is 19.1. The number of aromatic amines is 2. The summed E-state index contributed by atoms with van der Waals surface area (Å²) in [7, 11) is 0. The zero-order valence-electron chi connectivity index (χ0n) is 29.5. The van der Waals surface area contributed by atoms with Crippen LogP contribution in [0.5, 0.6) is 0 Å². The maximum atomic E-state index is 13.9. The predicted molar refractivity (Wildman–Crippen MR) is 203 cm³/mol. The number of ether oxygens (including phenoxy) is 1. The van der Waals surface area contributed by atoms with Gasteiger partial charge in [-0.15, -0.1) is 0 Å². The number of amides is 2. The molecular formula is C42H43N7O4. The zero-order chi connectivity index (χ0) is 35.6. The maximum Gasteiger partial charge on any atom is 0.405 e. The third-order valence-electron chi connectivity index (χ3n) is 12.4.